The van der Waals surface area contributed by atoms with Gasteiger partial charge < -0.3 is 5.32 Å². The monoisotopic (exact) mass is 334 g/mol. The summed E-state index contributed by atoms with van der Waals surface area (Å²) >= 11 is 0. The first-order valence-electron chi connectivity index (χ1n) is 8.78. The number of aromatic amines is 1. The van der Waals surface area contributed by atoms with E-state index in [1.54, 1.807) is 6.20 Å². The molecular formula is C20H22N4O. The predicted octanol–water partition coefficient (Wildman–Crippen LogP) is 2.96. The first-order valence-corrected chi connectivity index (χ1v) is 8.78. The first kappa shape index (κ1) is 15.8. The Morgan fingerprint density at radius 3 is 2.76 bits per heavy atom. The van der Waals surface area contributed by atoms with Crippen LogP contribution in [-0.2, 0) is 6.54 Å². The maximum Gasteiger partial charge on any atom is 0.251 e. The molecule has 1 amide bonds. The molecule has 4 rings (SSSR count). The van der Waals surface area contributed by atoms with Crippen molar-refractivity contribution < 1.29 is 4.79 Å². The predicted molar refractivity (Wildman–Crippen MR) is 98.3 cm³/mol. The van der Waals surface area contributed by atoms with Crippen LogP contribution in [-0.4, -0.2) is 40.1 Å². The number of rotatable bonds is 4. The van der Waals surface area contributed by atoms with Crippen molar-refractivity contribution in [3.8, 4) is 0 Å². The van der Waals surface area contributed by atoms with Crippen LogP contribution < -0.4 is 5.32 Å². The Balaban J connectivity index is 1.31. The largest absolute Gasteiger partial charge is 0.349 e. The summed E-state index contributed by atoms with van der Waals surface area (Å²) in [6.45, 7) is 3.01. The van der Waals surface area contributed by atoms with E-state index in [0.717, 1.165) is 43.4 Å². The first-order chi connectivity index (χ1) is 12.3. The van der Waals surface area contributed by atoms with Gasteiger partial charge in [0.05, 0.1) is 11.7 Å². The molecule has 2 N–H and O–H groups in total. The maximum absolute atomic E-state index is 12.5. The lowest BCUT2D eigenvalue weighted by atomic mass is 10.0. The van der Waals surface area contributed by atoms with Crippen molar-refractivity contribution in [3.63, 3.8) is 0 Å². The highest BCUT2D eigenvalue weighted by Crippen LogP contribution is 2.16. The van der Waals surface area contributed by atoms with Crippen LogP contribution in [0.4, 0.5) is 0 Å². The summed E-state index contributed by atoms with van der Waals surface area (Å²) in [7, 11) is 0. The number of nitrogens with zero attached hydrogens (tertiary/aromatic N) is 2. The van der Waals surface area contributed by atoms with Gasteiger partial charge in [-0.05, 0) is 36.6 Å². The lowest BCUT2D eigenvalue weighted by Gasteiger charge is -2.32. The molecular weight excluding hydrogens is 312 g/mol. The number of fused-ring (bicyclic) bond motifs is 1. The van der Waals surface area contributed by atoms with Gasteiger partial charge in [-0.25, -0.2) is 0 Å². The number of hydrogen-bond donors (Lipinski definition) is 2. The molecule has 5 nitrogen and oxygen atoms in total. The smallest absolute Gasteiger partial charge is 0.251 e. The number of H-pyrrole nitrogens is 1. The molecule has 1 aliphatic heterocycles. The summed E-state index contributed by atoms with van der Waals surface area (Å²) in [5, 5.41) is 11.0. The average molecular weight is 334 g/mol. The van der Waals surface area contributed by atoms with Crippen LogP contribution in [0.1, 0.15) is 28.8 Å². The highest BCUT2D eigenvalue weighted by Gasteiger charge is 2.21. The molecule has 1 fully saturated rings. The molecule has 2 aromatic carbocycles. The van der Waals surface area contributed by atoms with E-state index in [-0.39, 0.29) is 11.9 Å². The molecule has 0 saturated carbocycles. The number of aromatic nitrogens is 2. The van der Waals surface area contributed by atoms with E-state index in [1.807, 2.05) is 24.3 Å². The Kier molecular flexibility index (Phi) is 4.48. The number of amides is 1. The highest BCUT2D eigenvalue weighted by atomic mass is 16.1. The lowest BCUT2D eigenvalue weighted by molar-refractivity contribution is 0.0909. The van der Waals surface area contributed by atoms with E-state index in [9.17, 15) is 4.79 Å². The maximum atomic E-state index is 12.5. The zero-order chi connectivity index (χ0) is 17.1. The van der Waals surface area contributed by atoms with Crippen LogP contribution in [0, 0.1) is 0 Å². The fourth-order valence-electron chi connectivity index (χ4n) is 3.43. The Hall–Kier alpha value is -2.66. The van der Waals surface area contributed by atoms with Gasteiger partial charge in [-0.3, -0.25) is 14.8 Å². The van der Waals surface area contributed by atoms with Crippen molar-refractivity contribution in [2.45, 2.75) is 25.4 Å². The van der Waals surface area contributed by atoms with Crippen molar-refractivity contribution in [2.24, 2.45) is 0 Å². The van der Waals surface area contributed by atoms with Gasteiger partial charge in [0, 0.05) is 36.6 Å². The number of carbonyl (C=O) groups is 1. The molecule has 0 unspecified atom stereocenters. The molecule has 3 aromatic rings. The summed E-state index contributed by atoms with van der Waals surface area (Å²) < 4.78 is 0. The molecule has 0 radical (unpaired) electrons. The molecule has 0 bridgehead atoms. The number of benzene rings is 2. The molecule has 2 heterocycles. The van der Waals surface area contributed by atoms with E-state index < -0.39 is 0 Å². The second-order valence-corrected chi connectivity index (χ2v) is 6.68. The summed E-state index contributed by atoms with van der Waals surface area (Å²) in [6, 6.07) is 16.4. The Bertz CT molecular complexity index is 850. The van der Waals surface area contributed by atoms with Crippen molar-refractivity contribution in [1.82, 2.24) is 20.4 Å². The van der Waals surface area contributed by atoms with Crippen molar-refractivity contribution >= 4 is 16.8 Å². The van der Waals surface area contributed by atoms with E-state index in [4.69, 9.17) is 0 Å². The zero-order valence-corrected chi connectivity index (χ0v) is 14.1. The number of likely N-dealkylation sites (tertiary alicyclic amines) is 1. The minimum absolute atomic E-state index is 0.00427. The van der Waals surface area contributed by atoms with Crippen LogP contribution >= 0.6 is 0 Å². The lowest BCUT2D eigenvalue weighted by Crippen LogP contribution is -2.44. The molecule has 25 heavy (non-hydrogen) atoms. The third kappa shape index (κ3) is 3.72. The van der Waals surface area contributed by atoms with Crippen LogP contribution in [0.3, 0.4) is 0 Å². The number of nitrogens with one attached hydrogen (secondary N) is 2. The molecule has 1 saturated heterocycles. The normalized spacial score (nSPS) is 16.2. The SMILES string of the molecule is O=C(NC1CCN(Cc2ccccc2)CC1)c1ccc2[nH]ncc2c1. The minimum atomic E-state index is 0.00427. The molecule has 128 valence electrons. The quantitative estimate of drug-likeness (QED) is 0.771. The van der Waals surface area contributed by atoms with Gasteiger partial charge in [0.1, 0.15) is 0 Å². The van der Waals surface area contributed by atoms with E-state index >= 15 is 0 Å². The van der Waals surface area contributed by atoms with Crippen molar-refractivity contribution in [2.75, 3.05) is 13.1 Å². The molecule has 0 aliphatic carbocycles. The molecule has 1 aliphatic rings. The van der Waals surface area contributed by atoms with Gasteiger partial charge in [0.2, 0.25) is 0 Å². The average Bonchev–Trinajstić information content (AvgIpc) is 3.12. The van der Waals surface area contributed by atoms with E-state index in [1.165, 1.54) is 5.56 Å². The summed E-state index contributed by atoms with van der Waals surface area (Å²) in [5.41, 5.74) is 2.99. The van der Waals surface area contributed by atoms with Crippen LogP contribution in [0.25, 0.3) is 10.9 Å². The standard InChI is InChI=1S/C20H22N4O/c25-20(16-6-7-19-17(12-16)13-21-23-19)22-18-8-10-24(11-9-18)14-15-4-2-1-3-5-15/h1-7,12-13,18H,8-11,14H2,(H,21,23)(H,22,25). The topological polar surface area (TPSA) is 61.0 Å². The summed E-state index contributed by atoms with van der Waals surface area (Å²) in [4.78, 5) is 14.9. The summed E-state index contributed by atoms with van der Waals surface area (Å²) in [5.74, 6) is 0.00427. The number of piperidine rings is 1. The molecule has 0 spiro atoms. The van der Waals surface area contributed by atoms with Crippen molar-refractivity contribution in [3.05, 3.63) is 65.9 Å². The van der Waals surface area contributed by atoms with Crippen LogP contribution in [0.15, 0.2) is 54.7 Å². The van der Waals surface area contributed by atoms with E-state index in [2.05, 4.69) is 44.7 Å². The minimum Gasteiger partial charge on any atom is -0.349 e. The van der Waals surface area contributed by atoms with Crippen LogP contribution in [0.2, 0.25) is 0 Å². The zero-order valence-electron chi connectivity index (χ0n) is 14.1. The van der Waals surface area contributed by atoms with Gasteiger partial charge in [0.15, 0.2) is 0 Å². The van der Waals surface area contributed by atoms with Crippen molar-refractivity contribution in [1.29, 1.82) is 0 Å². The van der Waals surface area contributed by atoms with Gasteiger partial charge >= 0.3 is 0 Å². The van der Waals surface area contributed by atoms with Crippen LogP contribution in [0.5, 0.6) is 0 Å². The molecule has 0 atom stereocenters. The Morgan fingerprint density at radius 2 is 1.96 bits per heavy atom. The van der Waals surface area contributed by atoms with Gasteiger partial charge in [0.25, 0.3) is 5.91 Å². The third-order valence-electron chi connectivity index (χ3n) is 4.87. The van der Waals surface area contributed by atoms with E-state index in [0.29, 0.717) is 5.56 Å². The number of carbonyl (C=O) groups excluding carboxylic acids is 1. The molecule has 1 aromatic heterocycles. The fourth-order valence-corrected chi connectivity index (χ4v) is 3.43. The van der Waals surface area contributed by atoms with Gasteiger partial charge in [-0.15, -0.1) is 0 Å². The summed E-state index contributed by atoms with van der Waals surface area (Å²) in [6.07, 6.45) is 3.73. The van der Waals surface area contributed by atoms with Gasteiger partial charge in [-0.2, -0.15) is 5.10 Å². The molecule has 5 heteroatoms. The Labute approximate surface area is 147 Å². The number of hydrogen-bond acceptors (Lipinski definition) is 3. The second-order valence-electron chi connectivity index (χ2n) is 6.68. The second kappa shape index (κ2) is 7.07. The Morgan fingerprint density at radius 1 is 1.16 bits per heavy atom. The van der Waals surface area contributed by atoms with Gasteiger partial charge in [-0.1, -0.05) is 30.3 Å². The third-order valence-corrected chi connectivity index (χ3v) is 4.87. The fraction of sp³-hybridized carbons (Fsp3) is 0.300. The highest BCUT2D eigenvalue weighted by molar-refractivity contribution is 5.98.